The molecule has 1 heterocycles. The van der Waals surface area contributed by atoms with Gasteiger partial charge >= 0.3 is 0 Å². The van der Waals surface area contributed by atoms with Crippen LogP contribution in [0.25, 0.3) is 5.69 Å². The average molecular weight is 287 g/mol. The first-order valence-corrected chi connectivity index (χ1v) is 5.94. The van der Waals surface area contributed by atoms with Crippen molar-refractivity contribution < 1.29 is 4.92 Å². The molecule has 2 aromatic rings. The van der Waals surface area contributed by atoms with Crippen LogP contribution in [-0.2, 0) is 6.42 Å². The molecule has 0 spiro atoms. The fraction of sp³-hybridized carbons (Fsp3) is 0.200. The number of halogens is 2. The van der Waals surface area contributed by atoms with E-state index in [1.807, 2.05) is 0 Å². The number of hydrogen-bond donors (Lipinski definition) is 0. The molecule has 0 amide bonds. The van der Waals surface area contributed by atoms with Crippen molar-refractivity contribution >= 4 is 28.9 Å². The van der Waals surface area contributed by atoms with E-state index >= 15 is 0 Å². The standard InChI is InChI=1S/C10H8Cl2N4O2/c11-4-3-7-6-15(14-13-7)8-1-2-9(12)10(5-8)16(17)18/h1-2,5-6H,3-4H2. The van der Waals surface area contributed by atoms with Crippen LogP contribution in [-0.4, -0.2) is 25.8 Å². The third kappa shape index (κ3) is 2.60. The molecule has 0 N–H and O–H groups in total. The van der Waals surface area contributed by atoms with Gasteiger partial charge in [-0.1, -0.05) is 16.8 Å². The third-order valence-electron chi connectivity index (χ3n) is 2.28. The minimum Gasteiger partial charge on any atom is -0.258 e. The van der Waals surface area contributed by atoms with Crippen molar-refractivity contribution in [2.45, 2.75) is 6.42 Å². The highest BCUT2D eigenvalue weighted by Gasteiger charge is 2.14. The van der Waals surface area contributed by atoms with Gasteiger partial charge in [-0.25, -0.2) is 4.68 Å². The summed E-state index contributed by atoms with van der Waals surface area (Å²) in [5.74, 6) is 0.444. The minimum absolute atomic E-state index is 0.0878. The molecule has 0 aliphatic heterocycles. The van der Waals surface area contributed by atoms with E-state index in [0.717, 1.165) is 5.69 Å². The van der Waals surface area contributed by atoms with Crippen LogP contribution in [0.15, 0.2) is 24.4 Å². The van der Waals surface area contributed by atoms with Crippen molar-refractivity contribution in [1.82, 2.24) is 15.0 Å². The van der Waals surface area contributed by atoms with Crippen LogP contribution >= 0.6 is 23.2 Å². The lowest BCUT2D eigenvalue weighted by Crippen LogP contribution is -1.97. The monoisotopic (exact) mass is 286 g/mol. The second-order valence-electron chi connectivity index (χ2n) is 3.49. The van der Waals surface area contributed by atoms with Crippen molar-refractivity contribution in [2.24, 2.45) is 0 Å². The number of aromatic nitrogens is 3. The van der Waals surface area contributed by atoms with Gasteiger partial charge in [0.25, 0.3) is 5.69 Å². The molecule has 0 atom stereocenters. The molecule has 0 aliphatic rings. The Morgan fingerprint density at radius 2 is 2.22 bits per heavy atom. The molecule has 0 aliphatic carbocycles. The summed E-state index contributed by atoms with van der Waals surface area (Å²) in [6, 6.07) is 4.44. The van der Waals surface area contributed by atoms with E-state index in [4.69, 9.17) is 23.2 Å². The van der Waals surface area contributed by atoms with E-state index in [1.165, 1.54) is 16.8 Å². The van der Waals surface area contributed by atoms with Gasteiger partial charge in [-0.05, 0) is 12.1 Å². The van der Waals surface area contributed by atoms with Crippen LogP contribution in [0.3, 0.4) is 0 Å². The van der Waals surface area contributed by atoms with Gasteiger partial charge in [0.05, 0.1) is 22.5 Å². The number of benzene rings is 1. The third-order valence-corrected chi connectivity index (χ3v) is 2.79. The van der Waals surface area contributed by atoms with E-state index in [9.17, 15) is 10.1 Å². The smallest absolute Gasteiger partial charge is 0.258 e. The Morgan fingerprint density at radius 1 is 1.44 bits per heavy atom. The summed E-state index contributed by atoms with van der Waals surface area (Å²) in [7, 11) is 0. The van der Waals surface area contributed by atoms with Crippen LogP contribution < -0.4 is 0 Å². The number of rotatable bonds is 4. The van der Waals surface area contributed by atoms with Gasteiger partial charge < -0.3 is 0 Å². The lowest BCUT2D eigenvalue weighted by Gasteiger charge is -2.00. The molecule has 0 saturated carbocycles. The molecule has 18 heavy (non-hydrogen) atoms. The lowest BCUT2D eigenvalue weighted by atomic mass is 10.3. The van der Waals surface area contributed by atoms with Gasteiger partial charge in [0.1, 0.15) is 5.02 Å². The number of aryl methyl sites for hydroxylation is 1. The number of alkyl halides is 1. The zero-order valence-electron chi connectivity index (χ0n) is 9.08. The molecule has 8 heteroatoms. The van der Waals surface area contributed by atoms with Crippen molar-refractivity contribution in [3.8, 4) is 5.69 Å². The summed E-state index contributed by atoms with van der Waals surface area (Å²) in [6.45, 7) is 0. The molecule has 2 rings (SSSR count). The fourth-order valence-electron chi connectivity index (χ4n) is 1.42. The second-order valence-corrected chi connectivity index (χ2v) is 4.27. The molecule has 94 valence electrons. The van der Waals surface area contributed by atoms with E-state index in [1.54, 1.807) is 12.3 Å². The Hall–Kier alpha value is -1.66. The fourth-order valence-corrected chi connectivity index (χ4v) is 1.80. The summed E-state index contributed by atoms with van der Waals surface area (Å²) in [6.07, 6.45) is 2.27. The first-order chi connectivity index (χ1) is 8.61. The Kier molecular flexibility index (Phi) is 3.78. The van der Waals surface area contributed by atoms with Gasteiger partial charge in [0, 0.05) is 18.4 Å². The highest BCUT2D eigenvalue weighted by Crippen LogP contribution is 2.26. The average Bonchev–Trinajstić information content (AvgIpc) is 2.78. The second kappa shape index (κ2) is 5.32. The van der Waals surface area contributed by atoms with Crippen LogP contribution in [0.5, 0.6) is 0 Å². The molecule has 1 aromatic carbocycles. The topological polar surface area (TPSA) is 73.8 Å². The largest absolute Gasteiger partial charge is 0.290 e. The number of nitrogens with zero attached hydrogens (tertiary/aromatic N) is 4. The maximum Gasteiger partial charge on any atom is 0.290 e. The summed E-state index contributed by atoms with van der Waals surface area (Å²) in [5, 5.41) is 18.6. The number of hydrogen-bond acceptors (Lipinski definition) is 4. The number of nitro benzene ring substituents is 1. The van der Waals surface area contributed by atoms with E-state index in [-0.39, 0.29) is 10.7 Å². The first kappa shape index (κ1) is 12.8. The van der Waals surface area contributed by atoms with E-state index in [2.05, 4.69) is 10.3 Å². The maximum absolute atomic E-state index is 10.8. The Morgan fingerprint density at radius 3 is 2.89 bits per heavy atom. The Bertz CT molecular complexity index is 585. The molecule has 0 bridgehead atoms. The first-order valence-electron chi connectivity index (χ1n) is 5.03. The highest BCUT2D eigenvalue weighted by molar-refractivity contribution is 6.32. The van der Waals surface area contributed by atoms with Crippen LogP contribution in [0.4, 0.5) is 5.69 Å². The molecule has 0 unspecified atom stereocenters. The maximum atomic E-state index is 10.8. The van der Waals surface area contributed by atoms with Crippen molar-refractivity contribution in [3.05, 3.63) is 45.2 Å². The van der Waals surface area contributed by atoms with E-state index in [0.29, 0.717) is 18.0 Å². The highest BCUT2D eigenvalue weighted by atomic mass is 35.5. The minimum atomic E-state index is -0.539. The normalized spacial score (nSPS) is 10.6. The predicted octanol–water partition coefficient (Wildman–Crippen LogP) is 2.61. The summed E-state index contributed by atoms with van der Waals surface area (Å²) >= 11 is 11.3. The zero-order chi connectivity index (χ0) is 13.1. The van der Waals surface area contributed by atoms with Gasteiger partial charge in [-0.15, -0.1) is 16.7 Å². The lowest BCUT2D eigenvalue weighted by molar-refractivity contribution is -0.384. The summed E-state index contributed by atoms with van der Waals surface area (Å²) in [5.41, 5.74) is 1.09. The van der Waals surface area contributed by atoms with Gasteiger partial charge in [0.2, 0.25) is 0 Å². The number of nitro groups is 1. The molecule has 0 radical (unpaired) electrons. The zero-order valence-corrected chi connectivity index (χ0v) is 10.6. The van der Waals surface area contributed by atoms with Gasteiger partial charge in [-0.2, -0.15) is 0 Å². The SMILES string of the molecule is O=[N+]([O-])c1cc(-n2cc(CCCl)nn2)ccc1Cl. The summed E-state index contributed by atoms with van der Waals surface area (Å²) in [4.78, 5) is 10.2. The molecular formula is C10H8Cl2N4O2. The van der Waals surface area contributed by atoms with Gasteiger partial charge in [0.15, 0.2) is 0 Å². The predicted molar refractivity (Wildman–Crippen MR) is 67.4 cm³/mol. The Labute approximate surface area is 112 Å². The van der Waals surface area contributed by atoms with Crippen molar-refractivity contribution in [2.75, 3.05) is 5.88 Å². The van der Waals surface area contributed by atoms with Crippen molar-refractivity contribution in [3.63, 3.8) is 0 Å². The molecule has 0 fully saturated rings. The van der Waals surface area contributed by atoms with Crippen LogP contribution in [0.1, 0.15) is 5.69 Å². The van der Waals surface area contributed by atoms with Gasteiger partial charge in [-0.3, -0.25) is 10.1 Å². The summed E-state index contributed by atoms with van der Waals surface area (Å²) < 4.78 is 1.45. The molecule has 6 nitrogen and oxygen atoms in total. The van der Waals surface area contributed by atoms with Crippen molar-refractivity contribution in [1.29, 1.82) is 0 Å². The molecular weight excluding hydrogens is 279 g/mol. The molecule has 1 aromatic heterocycles. The quantitative estimate of drug-likeness (QED) is 0.492. The Balaban J connectivity index is 2.38. The van der Waals surface area contributed by atoms with Crippen LogP contribution in [0.2, 0.25) is 5.02 Å². The van der Waals surface area contributed by atoms with Crippen LogP contribution in [0, 0.1) is 10.1 Å². The van der Waals surface area contributed by atoms with E-state index < -0.39 is 4.92 Å². The molecule has 0 saturated heterocycles.